The summed E-state index contributed by atoms with van der Waals surface area (Å²) < 4.78 is 1.49. The number of aryl methyl sites for hydroxylation is 1. The fraction of sp³-hybridized carbons (Fsp3) is 0.125. The molecule has 110 valence electrons. The molecule has 0 saturated carbocycles. The highest BCUT2D eigenvalue weighted by molar-refractivity contribution is 5.90. The molecule has 2 aromatic carbocycles. The van der Waals surface area contributed by atoms with Crippen molar-refractivity contribution in [3.8, 4) is 11.4 Å². The average Bonchev–Trinajstić information content (AvgIpc) is 2.97. The normalized spacial score (nSPS) is 10.4. The number of anilines is 1. The summed E-state index contributed by atoms with van der Waals surface area (Å²) in [4.78, 5) is 12.1. The molecule has 1 heterocycles. The second-order valence-corrected chi connectivity index (χ2v) is 4.94. The zero-order valence-electron chi connectivity index (χ0n) is 12.1. The molecule has 6 nitrogen and oxygen atoms in total. The molecule has 0 saturated heterocycles. The van der Waals surface area contributed by atoms with Crippen molar-refractivity contribution in [2.75, 3.05) is 5.32 Å². The SMILES string of the molecule is Cc1ccc(-c2nnnn2CC(=O)Nc2ccccc2)cc1. The van der Waals surface area contributed by atoms with E-state index in [0.29, 0.717) is 5.82 Å². The Bertz CT molecular complexity index is 765. The van der Waals surface area contributed by atoms with Crippen LogP contribution in [-0.2, 0) is 11.3 Å². The Balaban J connectivity index is 1.75. The van der Waals surface area contributed by atoms with E-state index in [0.717, 1.165) is 16.8 Å². The molecule has 3 rings (SSSR count). The summed E-state index contributed by atoms with van der Waals surface area (Å²) in [5, 5.41) is 14.4. The molecule has 22 heavy (non-hydrogen) atoms. The summed E-state index contributed by atoms with van der Waals surface area (Å²) in [6.07, 6.45) is 0. The molecule has 1 N–H and O–H groups in total. The molecule has 1 amide bonds. The van der Waals surface area contributed by atoms with Crippen molar-refractivity contribution >= 4 is 11.6 Å². The zero-order valence-corrected chi connectivity index (χ0v) is 12.1. The van der Waals surface area contributed by atoms with Crippen molar-refractivity contribution < 1.29 is 4.79 Å². The van der Waals surface area contributed by atoms with Gasteiger partial charge in [-0.1, -0.05) is 48.0 Å². The summed E-state index contributed by atoms with van der Waals surface area (Å²) in [6.45, 7) is 2.07. The summed E-state index contributed by atoms with van der Waals surface area (Å²) in [5.41, 5.74) is 2.78. The highest BCUT2D eigenvalue weighted by atomic mass is 16.2. The van der Waals surface area contributed by atoms with E-state index in [4.69, 9.17) is 0 Å². The maximum absolute atomic E-state index is 12.1. The third-order valence-electron chi connectivity index (χ3n) is 3.19. The molecule has 0 atom stereocenters. The number of nitrogens with zero attached hydrogens (tertiary/aromatic N) is 4. The minimum Gasteiger partial charge on any atom is -0.324 e. The molecule has 0 bridgehead atoms. The first-order valence-electron chi connectivity index (χ1n) is 6.90. The van der Waals surface area contributed by atoms with Gasteiger partial charge in [0.15, 0.2) is 5.82 Å². The van der Waals surface area contributed by atoms with Gasteiger partial charge < -0.3 is 5.32 Å². The second kappa shape index (κ2) is 6.17. The van der Waals surface area contributed by atoms with Crippen molar-refractivity contribution in [3.05, 3.63) is 60.2 Å². The highest BCUT2D eigenvalue weighted by Gasteiger charge is 2.12. The van der Waals surface area contributed by atoms with E-state index in [1.807, 2.05) is 61.5 Å². The van der Waals surface area contributed by atoms with Gasteiger partial charge in [-0.15, -0.1) is 5.10 Å². The minimum atomic E-state index is -0.174. The van der Waals surface area contributed by atoms with E-state index >= 15 is 0 Å². The largest absolute Gasteiger partial charge is 0.324 e. The number of rotatable bonds is 4. The van der Waals surface area contributed by atoms with Crippen LogP contribution < -0.4 is 5.32 Å². The number of amides is 1. The van der Waals surface area contributed by atoms with Crippen LogP contribution in [0.2, 0.25) is 0 Å². The molecule has 0 radical (unpaired) electrons. The van der Waals surface area contributed by atoms with Crippen LogP contribution in [0.5, 0.6) is 0 Å². The number of carbonyl (C=O) groups is 1. The summed E-state index contributed by atoms with van der Waals surface area (Å²) in [5.74, 6) is 0.398. The van der Waals surface area contributed by atoms with Gasteiger partial charge in [-0.25, -0.2) is 4.68 Å². The fourth-order valence-electron chi connectivity index (χ4n) is 2.08. The minimum absolute atomic E-state index is 0.0606. The molecule has 6 heteroatoms. The van der Waals surface area contributed by atoms with Crippen LogP contribution in [0.1, 0.15) is 5.56 Å². The van der Waals surface area contributed by atoms with Crippen molar-refractivity contribution in [1.82, 2.24) is 20.2 Å². The van der Waals surface area contributed by atoms with Crippen LogP contribution in [0.4, 0.5) is 5.69 Å². The lowest BCUT2D eigenvalue weighted by Gasteiger charge is -2.06. The Hall–Kier alpha value is -3.02. The van der Waals surface area contributed by atoms with E-state index in [-0.39, 0.29) is 12.5 Å². The summed E-state index contributed by atoms with van der Waals surface area (Å²) >= 11 is 0. The van der Waals surface area contributed by atoms with Gasteiger partial charge in [-0.05, 0) is 29.5 Å². The third kappa shape index (κ3) is 3.17. The molecule has 0 spiro atoms. The van der Waals surface area contributed by atoms with E-state index in [2.05, 4.69) is 20.8 Å². The second-order valence-electron chi connectivity index (χ2n) is 4.94. The van der Waals surface area contributed by atoms with Crippen LogP contribution in [0, 0.1) is 6.92 Å². The van der Waals surface area contributed by atoms with Gasteiger partial charge in [0.05, 0.1) is 0 Å². The van der Waals surface area contributed by atoms with Gasteiger partial charge >= 0.3 is 0 Å². The number of aromatic nitrogens is 4. The number of nitrogens with one attached hydrogen (secondary N) is 1. The Morgan fingerprint density at radius 3 is 2.55 bits per heavy atom. The lowest BCUT2D eigenvalue weighted by Crippen LogP contribution is -2.20. The topological polar surface area (TPSA) is 72.7 Å². The van der Waals surface area contributed by atoms with Crippen LogP contribution in [0.25, 0.3) is 11.4 Å². The Morgan fingerprint density at radius 1 is 1.09 bits per heavy atom. The van der Waals surface area contributed by atoms with Crippen molar-refractivity contribution in [2.45, 2.75) is 13.5 Å². The molecule has 3 aromatic rings. The lowest BCUT2D eigenvalue weighted by molar-refractivity contribution is -0.116. The van der Waals surface area contributed by atoms with Crippen molar-refractivity contribution in [1.29, 1.82) is 0 Å². The third-order valence-corrected chi connectivity index (χ3v) is 3.19. The summed E-state index contributed by atoms with van der Waals surface area (Å²) in [7, 11) is 0. The average molecular weight is 293 g/mol. The number of carbonyl (C=O) groups excluding carboxylic acids is 1. The molecule has 0 fully saturated rings. The van der Waals surface area contributed by atoms with E-state index in [1.54, 1.807) is 0 Å². The van der Waals surface area contributed by atoms with E-state index < -0.39 is 0 Å². The van der Waals surface area contributed by atoms with Crippen LogP contribution >= 0.6 is 0 Å². The molecule has 0 aliphatic carbocycles. The van der Waals surface area contributed by atoms with Gasteiger partial charge in [0.25, 0.3) is 0 Å². The van der Waals surface area contributed by atoms with Gasteiger partial charge in [-0.3, -0.25) is 4.79 Å². The lowest BCUT2D eigenvalue weighted by atomic mass is 10.1. The Labute approximate surface area is 127 Å². The molecule has 0 aliphatic rings. The number of hydrogen-bond acceptors (Lipinski definition) is 4. The molecule has 0 aliphatic heterocycles. The van der Waals surface area contributed by atoms with Gasteiger partial charge in [-0.2, -0.15) is 0 Å². The molecular formula is C16H15N5O. The standard InChI is InChI=1S/C16H15N5O/c1-12-7-9-13(10-8-12)16-18-19-20-21(16)11-15(22)17-14-5-3-2-4-6-14/h2-10H,11H2,1H3,(H,17,22). The van der Waals surface area contributed by atoms with E-state index in [9.17, 15) is 4.79 Å². The van der Waals surface area contributed by atoms with Crippen LogP contribution in [-0.4, -0.2) is 26.1 Å². The van der Waals surface area contributed by atoms with Gasteiger partial charge in [0, 0.05) is 11.3 Å². The smallest absolute Gasteiger partial charge is 0.246 e. The van der Waals surface area contributed by atoms with Gasteiger partial charge in [0.2, 0.25) is 5.91 Å². The van der Waals surface area contributed by atoms with Crippen LogP contribution in [0.15, 0.2) is 54.6 Å². The number of tetrazole rings is 1. The molecular weight excluding hydrogens is 278 g/mol. The maximum Gasteiger partial charge on any atom is 0.246 e. The van der Waals surface area contributed by atoms with E-state index in [1.165, 1.54) is 4.68 Å². The highest BCUT2D eigenvalue weighted by Crippen LogP contribution is 2.16. The van der Waals surface area contributed by atoms with Crippen LogP contribution in [0.3, 0.4) is 0 Å². The maximum atomic E-state index is 12.1. The Morgan fingerprint density at radius 2 is 1.82 bits per heavy atom. The zero-order chi connectivity index (χ0) is 15.4. The van der Waals surface area contributed by atoms with Gasteiger partial charge in [0.1, 0.15) is 6.54 Å². The quantitative estimate of drug-likeness (QED) is 0.801. The molecule has 1 aromatic heterocycles. The van der Waals surface area contributed by atoms with Crippen molar-refractivity contribution in [2.24, 2.45) is 0 Å². The monoisotopic (exact) mass is 293 g/mol. The first kappa shape index (κ1) is 13.9. The fourth-order valence-corrected chi connectivity index (χ4v) is 2.08. The van der Waals surface area contributed by atoms with Crippen molar-refractivity contribution in [3.63, 3.8) is 0 Å². The number of benzene rings is 2. The molecule has 0 unspecified atom stereocenters. The predicted molar refractivity (Wildman–Crippen MR) is 83.1 cm³/mol. The first-order valence-corrected chi connectivity index (χ1v) is 6.90. The summed E-state index contributed by atoms with van der Waals surface area (Å²) in [6, 6.07) is 17.1. The predicted octanol–water partition coefficient (Wildman–Crippen LogP) is 2.29. The first-order chi connectivity index (χ1) is 10.7. The Kier molecular flexibility index (Phi) is 3.91. The number of para-hydroxylation sites is 1. The number of hydrogen-bond donors (Lipinski definition) is 1.